The van der Waals surface area contributed by atoms with Crippen molar-refractivity contribution >= 4 is 5.91 Å². The average Bonchev–Trinajstić information content (AvgIpc) is 2.16. The summed E-state index contributed by atoms with van der Waals surface area (Å²) in [7, 11) is 0. The highest BCUT2D eigenvalue weighted by atomic mass is 16.1. The number of carbonyl (C=O) groups is 1. The lowest BCUT2D eigenvalue weighted by Crippen LogP contribution is -2.33. The van der Waals surface area contributed by atoms with Crippen molar-refractivity contribution in [2.24, 2.45) is 5.73 Å². The van der Waals surface area contributed by atoms with Gasteiger partial charge in [-0.05, 0) is 25.6 Å². The first-order valence-electron chi connectivity index (χ1n) is 5.05. The van der Waals surface area contributed by atoms with E-state index in [4.69, 9.17) is 5.73 Å². The van der Waals surface area contributed by atoms with Gasteiger partial charge in [-0.3, -0.25) is 14.7 Å². The van der Waals surface area contributed by atoms with Gasteiger partial charge < -0.3 is 5.73 Å². The molecule has 1 aromatic rings. The molecular weight excluding hydrogens is 190 g/mol. The molecule has 1 aromatic heterocycles. The van der Waals surface area contributed by atoms with Gasteiger partial charge >= 0.3 is 0 Å². The summed E-state index contributed by atoms with van der Waals surface area (Å²) < 4.78 is 0. The number of nitrogens with zero attached hydrogens (tertiary/aromatic N) is 2. The van der Waals surface area contributed by atoms with E-state index >= 15 is 0 Å². The van der Waals surface area contributed by atoms with Crippen LogP contribution < -0.4 is 5.73 Å². The molecule has 1 amide bonds. The summed E-state index contributed by atoms with van der Waals surface area (Å²) in [5.74, 6) is -0.301. The van der Waals surface area contributed by atoms with Crippen molar-refractivity contribution in [3.63, 3.8) is 0 Å². The fourth-order valence-electron chi connectivity index (χ4n) is 1.42. The van der Waals surface area contributed by atoms with Gasteiger partial charge in [-0.15, -0.1) is 0 Å². The zero-order valence-corrected chi connectivity index (χ0v) is 9.23. The van der Waals surface area contributed by atoms with Gasteiger partial charge in [-0.2, -0.15) is 0 Å². The second kappa shape index (κ2) is 5.46. The molecule has 0 aliphatic rings. The molecule has 0 saturated heterocycles. The number of aromatic nitrogens is 1. The minimum atomic E-state index is -0.301. The van der Waals surface area contributed by atoms with Crippen molar-refractivity contribution in [2.75, 3.05) is 13.1 Å². The second-order valence-electron chi connectivity index (χ2n) is 3.54. The molecule has 0 unspecified atom stereocenters. The molecule has 0 saturated carbocycles. The molecule has 0 aliphatic carbocycles. The lowest BCUT2D eigenvalue weighted by molar-refractivity contribution is -0.119. The van der Waals surface area contributed by atoms with E-state index in [-0.39, 0.29) is 12.5 Å². The number of hydrogen-bond acceptors (Lipinski definition) is 3. The van der Waals surface area contributed by atoms with Crippen LogP contribution in [0.25, 0.3) is 0 Å². The molecule has 0 fully saturated rings. The lowest BCUT2D eigenvalue weighted by Gasteiger charge is -2.17. The number of carbonyl (C=O) groups excluding carboxylic acids is 1. The van der Waals surface area contributed by atoms with E-state index in [9.17, 15) is 4.79 Å². The Morgan fingerprint density at radius 3 is 2.80 bits per heavy atom. The van der Waals surface area contributed by atoms with Crippen LogP contribution in [0.4, 0.5) is 0 Å². The van der Waals surface area contributed by atoms with Crippen molar-refractivity contribution in [3.05, 3.63) is 29.6 Å². The second-order valence-corrected chi connectivity index (χ2v) is 3.54. The first kappa shape index (κ1) is 11.7. The molecule has 0 bridgehead atoms. The summed E-state index contributed by atoms with van der Waals surface area (Å²) in [4.78, 5) is 17.1. The molecule has 1 rings (SSSR count). The predicted molar refractivity (Wildman–Crippen MR) is 59.1 cm³/mol. The molecule has 15 heavy (non-hydrogen) atoms. The van der Waals surface area contributed by atoms with Crippen molar-refractivity contribution < 1.29 is 4.79 Å². The lowest BCUT2D eigenvalue weighted by atomic mass is 10.3. The van der Waals surface area contributed by atoms with Crippen molar-refractivity contribution in [2.45, 2.75) is 20.4 Å². The van der Waals surface area contributed by atoms with E-state index in [2.05, 4.69) is 4.98 Å². The third-order valence-electron chi connectivity index (χ3n) is 2.16. The molecular formula is C11H17N3O. The quantitative estimate of drug-likeness (QED) is 0.773. The van der Waals surface area contributed by atoms with Crippen LogP contribution in [0.3, 0.4) is 0 Å². The van der Waals surface area contributed by atoms with Gasteiger partial charge in [0.2, 0.25) is 5.91 Å². The fourth-order valence-corrected chi connectivity index (χ4v) is 1.42. The SMILES string of the molecule is CCN(CC(N)=O)Cc1cccc(C)n1. The van der Waals surface area contributed by atoms with E-state index < -0.39 is 0 Å². The topological polar surface area (TPSA) is 59.2 Å². The molecule has 4 heteroatoms. The van der Waals surface area contributed by atoms with E-state index in [0.29, 0.717) is 6.54 Å². The highest BCUT2D eigenvalue weighted by molar-refractivity contribution is 5.75. The van der Waals surface area contributed by atoms with E-state index in [0.717, 1.165) is 17.9 Å². The number of amides is 1. The molecule has 4 nitrogen and oxygen atoms in total. The van der Waals surface area contributed by atoms with E-state index in [1.807, 2.05) is 36.9 Å². The summed E-state index contributed by atoms with van der Waals surface area (Å²) in [5.41, 5.74) is 7.11. The Hall–Kier alpha value is -1.42. The zero-order valence-electron chi connectivity index (χ0n) is 9.23. The Balaban J connectivity index is 2.62. The van der Waals surface area contributed by atoms with Crippen LogP contribution >= 0.6 is 0 Å². The molecule has 2 N–H and O–H groups in total. The maximum Gasteiger partial charge on any atom is 0.231 e. The van der Waals surface area contributed by atoms with Crippen molar-refractivity contribution in [3.8, 4) is 0 Å². The van der Waals surface area contributed by atoms with E-state index in [1.165, 1.54) is 0 Å². The van der Waals surface area contributed by atoms with Gasteiger partial charge in [0.25, 0.3) is 0 Å². The van der Waals surface area contributed by atoms with Crippen LogP contribution in [-0.2, 0) is 11.3 Å². The van der Waals surface area contributed by atoms with Crippen molar-refractivity contribution in [1.82, 2.24) is 9.88 Å². The molecule has 0 radical (unpaired) electrons. The average molecular weight is 207 g/mol. The Morgan fingerprint density at radius 2 is 2.27 bits per heavy atom. The zero-order chi connectivity index (χ0) is 11.3. The molecule has 0 aliphatic heterocycles. The normalized spacial score (nSPS) is 10.6. The molecule has 0 spiro atoms. The predicted octanol–water partition coefficient (Wildman–Crippen LogP) is 0.697. The largest absolute Gasteiger partial charge is 0.369 e. The molecule has 82 valence electrons. The third-order valence-corrected chi connectivity index (χ3v) is 2.16. The number of rotatable bonds is 5. The Labute approximate surface area is 90.1 Å². The Bertz CT molecular complexity index is 338. The fraction of sp³-hybridized carbons (Fsp3) is 0.455. The van der Waals surface area contributed by atoms with Gasteiger partial charge in [-0.25, -0.2) is 0 Å². The van der Waals surface area contributed by atoms with Crippen LogP contribution in [0.2, 0.25) is 0 Å². The van der Waals surface area contributed by atoms with Crippen LogP contribution in [0.15, 0.2) is 18.2 Å². The number of hydrogen-bond donors (Lipinski definition) is 1. The smallest absolute Gasteiger partial charge is 0.231 e. The molecule has 1 heterocycles. The molecule has 0 atom stereocenters. The minimum absolute atomic E-state index is 0.284. The standard InChI is InChI=1S/C11H17N3O/c1-3-14(8-11(12)15)7-10-6-4-5-9(2)13-10/h4-6H,3,7-8H2,1-2H3,(H2,12,15). The number of nitrogens with two attached hydrogens (primary N) is 1. The van der Waals surface area contributed by atoms with Crippen LogP contribution in [0, 0.1) is 6.92 Å². The van der Waals surface area contributed by atoms with Gasteiger partial charge in [-0.1, -0.05) is 13.0 Å². The van der Waals surface area contributed by atoms with Gasteiger partial charge in [0, 0.05) is 12.2 Å². The minimum Gasteiger partial charge on any atom is -0.369 e. The highest BCUT2D eigenvalue weighted by Crippen LogP contribution is 2.02. The Morgan fingerprint density at radius 1 is 1.53 bits per heavy atom. The summed E-state index contributed by atoms with van der Waals surface area (Å²) in [6, 6.07) is 5.88. The monoisotopic (exact) mass is 207 g/mol. The summed E-state index contributed by atoms with van der Waals surface area (Å²) in [6.07, 6.45) is 0. The van der Waals surface area contributed by atoms with Crippen LogP contribution in [0.1, 0.15) is 18.3 Å². The van der Waals surface area contributed by atoms with E-state index in [1.54, 1.807) is 0 Å². The number of primary amides is 1. The van der Waals surface area contributed by atoms with Crippen LogP contribution in [0.5, 0.6) is 0 Å². The van der Waals surface area contributed by atoms with Gasteiger partial charge in [0.05, 0.1) is 12.2 Å². The number of aryl methyl sites for hydroxylation is 1. The first-order chi connectivity index (χ1) is 7.11. The summed E-state index contributed by atoms with van der Waals surface area (Å²) in [5, 5.41) is 0. The number of likely N-dealkylation sites (N-methyl/N-ethyl adjacent to an activating group) is 1. The highest BCUT2D eigenvalue weighted by Gasteiger charge is 2.07. The third kappa shape index (κ3) is 4.08. The van der Waals surface area contributed by atoms with Gasteiger partial charge in [0.1, 0.15) is 0 Å². The van der Waals surface area contributed by atoms with Gasteiger partial charge in [0.15, 0.2) is 0 Å². The first-order valence-corrected chi connectivity index (χ1v) is 5.05. The van der Waals surface area contributed by atoms with Crippen LogP contribution in [-0.4, -0.2) is 28.9 Å². The molecule has 0 aromatic carbocycles. The maximum absolute atomic E-state index is 10.8. The Kier molecular flexibility index (Phi) is 4.24. The maximum atomic E-state index is 10.8. The van der Waals surface area contributed by atoms with Crippen molar-refractivity contribution in [1.29, 1.82) is 0 Å². The summed E-state index contributed by atoms with van der Waals surface area (Å²) >= 11 is 0. The number of pyridine rings is 1. The summed E-state index contributed by atoms with van der Waals surface area (Å²) in [6.45, 7) is 5.69.